The number of phenols is 1. The first kappa shape index (κ1) is 26.2. The van der Waals surface area contributed by atoms with Gasteiger partial charge < -0.3 is 24.6 Å². The zero-order chi connectivity index (χ0) is 25.9. The smallest absolute Gasteiger partial charge is 0.295 e. The monoisotopic (exact) mass is 504 g/mol. The number of hydrogen-bond acceptors (Lipinski definition) is 8. The fourth-order valence-corrected chi connectivity index (χ4v) is 4.75. The Morgan fingerprint density at radius 3 is 2.31 bits per heavy atom. The summed E-state index contributed by atoms with van der Waals surface area (Å²) in [7, 11) is 2.01. The van der Waals surface area contributed by atoms with Crippen molar-refractivity contribution in [3.63, 3.8) is 0 Å². The van der Waals surface area contributed by atoms with Gasteiger partial charge in [0, 0.05) is 39.9 Å². The molecule has 1 aliphatic rings. The highest BCUT2D eigenvalue weighted by Crippen LogP contribution is 2.41. The zero-order valence-corrected chi connectivity index (χ0v) is 20.7. The summed E-state index contributed by atoms with van der Waals surface area (Å²) in [5, 5.41) is 21.1. The number of sulfonamides is 1. The summed E-state index contributed by atoms with van der Waals surface area (Å²) in [6.45, 7) is 0.541. The Morgan fingerprint density at radius 1 is 1.09 bits per heavy atom. The lowest BCUT2D eigenvalue weighted by Gasteiger charge is -2.25. The van der Waals surface area contributed by atoms with E-state index >= 15 is 0 Å². The second kappa shape index (κ2) is 10.5. The van der Waals surface area contributed by atoms with Gasteiger partial charge in [0.05, 0.1) is 23.6 Å². The highest BCUT2D eigenvalue weighted by Gasteiger charge is 2.46. The fourth-order valence-electron chi connectivity index (χ4n) is 3.85. The van der Waals surface area contributed by atoms with Gasteiger partial charge in [0.15, 0.2) is 11.5 Å². The molecule has 10 nitrogen and oxygen atoms in total. The Morgan fingerprint density at radius 2 is 1.74 bits per heavy atom. The average molecular weight is 505 g/mol. The summed E-state index contributed by atoms with van der Waals surface area (Å²) in [5.41, 5.74) is 0.473. The van der Waals surface area contributed by atoms with E-state index in [1.54, 1.807) is 0 Å². The fraction of sp³-hybridized carbons (Fsp3) is 0.333. The van der Waals surface area contributed by atoms with Crippen LogP contribution in [-0.2, 0) is 24.3 Å². The summed E-state index contributed by atoms with van der Waals surface area (Å²) in [5.74, 6) is -2.08. The summed E-state index contributed by atoms with van der Waals surface area (Å²) in [6, 6.07) is 8.84. The Bertz CT molecular complexity index is 1250. The maximum atomic E-state index is 13.1. The van der Waals surface area contributed by atoms with Crippen molar-refractivity contribution >= 4 is 27.5 Å². The van der Waals surface area contributed by atoms with E-state index in [4.69, 9.17) is 9.47 Å². The third-order valence-electron chi connectivity index (χ3n) is 5.71. The van der Waals surface area contributed by atoms with Crippen LogP contribution < -0.4 is 4.74 Å². The third kappa shape index (κ3) is 5.02. The van der Waals surface area contributed by atoms with Gasteiger partial charge in [-0.3, -0.25) is 9.59 Å². The van der Waals surface area contributed by atoms with Crippen molar-refractivity contribution in [2.24, 2.45) is 0 Å². The minimum Gasteiger partial charge on any atom is -0.507 e. The van der Waals surface area contributed by atoms with E-state index in [1.165, 1.54) is 75.7 Å². The van der Waals surface area contributed by atoms with Crippen LogP contribution in [-0.4, -0.2) is 81.0 Å². The third-order valence-corrected chi connectivity index (χ3v) is 7.54. The molecule has 188 valence electrons. The molecule has 1 aliphatic heterocycles. The van der Waals surface area contributed by atoms with E-state index in [-0.39, 0.29) is 34.1 Å². The number of aliphatic hydroxyl groups is 1. The Balaban J connectivity index is 2.14. The van der Waals surface area contributed by atoms with Gasteiger partial charge in [-0.05, 0) is 48.4 Å². The van der Waals surface area contributed by atoms with Crippen molar-refractivity contribution in [1.82, 2.24) is 9.21 Å². The molecule has 0 saturated carbocycles. The zero-order valence-electron chi connectivity index (χ0n) is 19.9. The lowest BCUT2D eigenvalue weighted by Crippen LogP contribution is -2.31. The molecule has 0 radical (unpaired) electrons. The number of aliphatic hydroxyl groups excluding tert-OH is 1. The molecule has 2 aromatic carbocycles. The number of Topliss-reactive ketones (excluding diaryl/α,β-unsaturated/α-hetero) is 1. The number of phenolic OH excluding ortho intramolecular Hbond substituents is 1. The molecule has 1 heterocycles. The van der Waals surface area contributed by atoms with E-state index in [1.807, 2.05) is 0 Å². The molecule has 0 spiro atoms. The number of rotatable bonds is 9. The molecule has 1 saturated heterocycles. The first-order valence-corrected chi connectivity index (χ1v) is 12.2. The molecular weight excluding hydrogens is 476 g/mol. The molecule has 11 heteroatoms. The van der Waals surface area contributed by atoms with Gasteiger partial charge in [-0.25, -0.2) is 12.7 Å². The Kier molecular flexibility index (Phi) is 7.83. The maximum Gasteiger partial charge on any atom is 0.295 e. The molecule has 0 unspecified atom stereocenters. The molecule has 1 fully saturated rings. The van der Waals surface area contributed by atoms with Crippen LogP contribution >= 0.6 is 0 Å². The molecule has 2 N–H and O–H groups in total. The standard InChI is InChI=1S/C24H28N2O8S/c1-25(2)35(31,32)17-9-6-15(7-10-17)22(28)20-21(16-8-11-18(27)19(14-16)34-4)26(12-5-13-33-3)24(30)23(20)29/h6-11,14,21,27-28H,5,12-13H2,1-4H3/t21-/m0/s1. The molecule has 35 heavy (non-hydrogen) atoms. The molecule has 1 atom stereocenters. The highest BCUT2D eigenvalue weighted by atomic mass is 32.2. The van der Waals surface area contributed by atoms with Crippen LogP contribution in [0.15, 0.2) is 52.9 Å². The van der Waals surface area contributed by atoms with Crippen LogP contribution in [0.5, 0.6) is 11.5 Å². The van der Waals surface area contributed by atoms with Crippen LogP contribution in [0.1, 0.15) is 23.6 Å². The molecule has 0 bridgehead atoms. The quantitative estimate of drug-likeness (QED) is 0.230. The lowest BCUT2D eigenvalue weighted by molar-refractivity contribution is -0.140. The van der Waals surface area contributed by atoms with Gasteiger partial charge in [0.2, 0.25) is 10.0 Å². The van der Waals surface area contributed by atoms with E-state index < -0.39 is 33.5 Å². The second-order valence-corrected chi connectivity index (χ2v) is 10.2. The average Bonchev–Trinajstić information content (AvgIpc) is 3.09. The first-order valence-electron chi connectivity index (χ1n) is 10.7. The van der Waals surface area contributed by atoms with E-state index in [0.29, 0.717) is 18.6 Å². The van der Waals surface area contributed by atoms with Crippen molar-refractivity contribution in [2.45, 2.75) is 17.4 Å². The number of amides is 1. The molecule has 3 rings (SSSR count). The SMILES string of the molecule is COCCCN1C(=O)C(=O)C(=C(O)c2ccc(S(=O)(=O)N(C)C)cc2)[C@@H]1c1ccc(O)c(OC)c1. The number of carbonyl (C=O) groups excluding carboxylic acids is 2. The number of ether oxygens (including phenoxy) is 2. The number of methoxy groups -OCH3 is 2. The molecule has 1 amide bonds. The van der Waals surface area contributed by atoms with Crippen LogP contribution in [0.4, 0.5) is 0 Å². The van der Waals surface area contributed by atoms with Crippen molar-refractivity contribution in [2.75, 3.05) is 41.5 Å². The summed E-state index contributed by atoms with van der Waals surface area (Å²) >= 11 is 0. The minimum absolute atomic E-state index is 0.0129. The van der Waals surface area contributed by atoms with Crippen LogP contribution in [0.3, 0.4) is 0 Å². The normalized spacial score (nSPS) is 17.9. The van der Waals surface area contributed by atoms with Crippen LogP contribution in [0.25, 0.3) is 5.76 Å². The van der Waals surface area contributed by atoms with E-state index in [0.717, 1.165) is 4.31 Å². The minimum atomic E-state index is -3.69. The van der Waals surface area contributed by atoms with E-state index in [2.05, 4.69) is 0 Å². The van der Waals surface area contributed by atoms with Gasteiger partial charge in [0.1, 0.15) is 5.76 Å². The number of likely N-dealkylation sites (tertiary alicyclic amines) is 1. The van der Waals surface area contributed by atoms with Crippen molar-refractivity contribution < 1.29 is 37.7 Å². The van der Waals surface area contributed by atoms with Gasteiger partial charge >= 0.3 is 0 Å². The van der Waals surface area contributed by atoms with E-state index in [9.17, 15) is 28.2 Å². The van der Waals surface area contributed by atoms with Crippen LogP contribution in [0.2, 0.25) is 0 Å². The maximum absolute atomic E-state index is 13.1. The highest BCUT2D eigenvalue weighted by molar-refractivity contribution is 7.89. The summed E-state index contributed by atoms with van der Waals surface area (Å²) < 4.78 is 36.0. The van der Waals surface area contributed by atoms with Gasteiger partial charge in [-0.2, -0.15) is 0 Å². The van der Waals surface area contributed by atoms with Crippen LogP contribution in [0, 0.1) is 0 Å². The largest absolute Gasteiger partial charge is 0.507 e. The van der Waals surface area contributed by atoms with Gasteiger partial charge in [-0.15, -0.1) is 0 Å². The van der Waals surface area contributed by atoms with Gasteiger partial charge in [-0.1, -0.05) is 6.07 Å². The predicted octanol–water partition coefficient (Wildman–Crippen LogP) is 2.11. The second-order valence-electron chi connectivity index (χ2n) is 8.08. The Hall–Kier alpha value is -3.41. The topological polar surface area (TPSA) is 134 Å². The molecule has 0 aliphatic carbocycles. The summed E-state index contributed by atoms with van der Waals surface area (Å²) in [4.78, 5) is 27.3. The molecule has 0 aromatic heterocycles. The van der Waals surface area contributed by atoms with Crippen molar-refractivity contribution in [1.29, 1.82) is 0 Å². The Labute approximate surface area is 204 Å². The number of aromatic hydroxyl groups is 1. The number of hydrogen-bond donors (Lipinski definition) is 2. The number of ketones is 1. The molecular formula is C24H28N2O8S. The number of carbonyl (C=O) groups is 2. The lowest BCUT2D eigenvalue weighted by atomic mass is 9.95. The predicted molar refractivity (Wildman–Crippen MR) is 127 cm³/mol. The van der Waals surface area contributed by atoms with Gasteiger partial charge in [0.25, 0.3) is 11.7 Å². The first-order chi connectivity index (χ1) is 16.5. The number of benzene rings is 2. The summed E-state index contributed by atoms with van der Waals surface area (Å²) in [6.07, 6.45) is 0.451. The van der Waals surface area contributed by atoms with Crippen molar-refractivity contribution in [3.05, 3.63) is 59.2 Å². The molecule has 2 aromatic rings. The number of nitrogens with zero attached hydrogens (tertiary/aromatic N) is 2. The van der Waals surface area contributed by atoms with Crippen molar-refractivity contribution in [3.8, 4) is 11.5 Å².